The van der Waals surface area contributed by atoms with Gasteiger partial charge in [0.1, 0.15) is 0 Å². The molecular weight excluding hydrogens is 256 g/mol. The predicted octanol–water partition coefficient (Wildman–Crippen LogP) is 0.0396. The Morgan fingerprint density at radius 1 is 1.33 bits per heavy atom. The Morgan fingerprint density at radius 2 is 2.06 bits per heavy atom. The van der Waals surface area contributed by atoms with Gasteiger partial charge in [-0.05, 0) is 17.7 Å². The highest BCUT2D eigenvalue weighted by Crippen LogP contribution is 2.25. The number of benzene rings is 1. The second-order valence-corrected chi connectivity index (χ2v) is 5.68. The van der Waals surface area contributed by atoms with Gasteiger partial charge in [0.25, 0.3) is 0 Å². The summed E-state index contributed by atoms with van der Waals surface area (Å²) in [6, 6.07) is 5.06. The summed E-state index contributed by atoms with van der Waals surface area (Å²) in [6.07, 6.45) is 1.12. The van der Waals surface area contributed by atoms with E-state index in [9.17, 15) is 13.5 Å². The standard InChI is InChI=1S/C11H18N2O4S/c1-17-11-7-9(3-4-10(11)14)8-12-5-6-13-18(2,15)16/h3-4,7,12-14H,5-6,8H2,1-2H3. The van der Waals surface area contributed by atoms with E-state index in [1.54, 1.807) is 18.2 Å². The maximum atomic E-state index is 10.8. The predicted molar refractivity (Wildman–Crippen MR) is 69.2 cm³/mol. The van der Waals surface area contributed by atoms with Crippen LogP contribution in [-0.2, 0) is 16.6 Å². The van der Waals surface area contributed by atoms with Crippen molar-refractivity contribution in [2.45, 2.75) is 6.54 Å². The zero-order chi connectivity index (χ0) is 13.6. The maximum absolute atomic E-state index is 10.8. The van der Waals surface area contributed by atoms with E-state index in [4.69, 9.17) is 4.74 Å². The van der Waals surface area contributed by atoms with E-state index >= 15 is 0 Å². The van der Waals surface area contributed by atoms with E-state index in [-0.39, 0.29) is 5.75 Å². The van der Waals surface area contributed by atoms with Crippen LogP contribution < -0.4 is 14.8 Å². The van der Waals surface area contributed by atoms with E-state index in [1.165, 1.54) is 7.11 Å². The van der Waals surface area contributed by atoms with Crippen LogP contribution in [0.2, 0.25) is 0 Å². The van der Waals surface area contributed by atoms with Gasteiger partial charge in [0.15, 0.2) is 11.5 Å². The third kappa shape index (κ3) is 5.35. The molecule has 0 unspecified atom stereocenters. The Hall–Kier alpha value is -1.31. The number of rotatable bonds is 7. The smallest absolute Gasteiger partial charge is 0.208 e. The molecule has 102 valence electrons. The second-order valence-electron chi connectivity index (χ2n) is 3.85. The van der Waals surface area contributed by atoms with Gasteiger partial charge < -0.3 is 15.2 Å². The van der Waals surface area contributed by atoms with Crippen molar-refractivity contribution in [1.82, 2.24) is 10.0 Å². The molecule has 0 aliphatic rings. The summed E-state index contributed by atoms with van der Waals surface area (Å²) >= 11 is 0. The lowest BCUT2D eigenvalue weighted by Crippen LogP contribution is -2.30. The van der Waals surface area contributed by atoms with Gasteiger partial charge in [0.2, 0.25) is 10.0 Å². The quantitative estimate of drug-likeness (QED) is 0.611. The molecular formula is C11H18N2O4S. The minimum atomic E-state index is -3.13. The number of phenols is 1. The first-order chi connectivity index (χ1) is 8.42. The van der Waals surface area contributed by atoms with Gasteiger partial charge in [-0.3, -0.25) is 0 Å². The van der Waals surface area contributed by atoms with Gasteiger partial charge in [-0.15, -0.1) is 0 Å². The van der Waals surface area contributed by atoms with Gasteiger partial charge >= 0.3 is 0 Å². The third-order valence-corrected chi connectivity index (χ3v) is 2.97. The summed E-state index contributed by atoms with van der Waals surface area (Å²) in [5, 5.41) is 12.5. The molecule has 1 rings (SSSR count). The first-order valence-corrected chi connectivity index (χ1v) is 7.33. The first-order valence-electron chi connectivity index (χ1n) is 5.43. The third-order valence-electron chi connectivity index (χ3n) is 2.24. The van der Waals surface area contributed by atoms with E-state index in [0.29, 0.717) is 25.4 Å². The largest absolute Gasteiger partial charge is 0.504 e. The number of methoxy groups -OCH3 is 1. The molecule has 0 fully saturated rings. The van der Waals surface area contributed by atoms with Crippen molar-refractivity contribution in [3.8, 4) is 11.5 Å². The van der Waals surface area contributed by atoms with Crippen molar-refractivity contribution >= 4 is 10.0 Å². The Bertz CT molecular complexity index is 488. The van der Waals surface area contributed by atoms with Crippen molar-refractivity contribution in [2.75, 3.05) is 26.5 Å². The maximum Gasteiger partial charge on any atom is 0.208 e. The monoisotopic (exact) mass is 274 g/mol. The molecule has 0 saturated heterocycles. The lowest BCUT2D eigenvalue weighted by Gasteiger charge is -2.08. The van der Waals surface area contributed by atoms with Crippen LogP contribution in [0.3, 0.4) is 0 Å². The van der Waals surface area contributed by atoms with Crippen molar-refractivity contribution in [3.63, 3.8) is 0 Å². The topological polar surface area (TPSA) is 87.7 Å². The molecule has 0 aliphatic heterocycles. The number of hydrogen-bond donors (Lipinski definition) is 3. The molecule has 0 spiro atoms. The summed E-state index contributed by atoms with van der Waals surface area (Å²) in [7, 11) is -1.64. The Balaban J connectivity index is 2.36. The number of ether oxygens (including phenoxy) is 1. The molecule has 0 atom stereocenters. The number of sulfonamides is 1. The molecule has 0 aromatic heterocycles. The Morgan fingerprint density at radius 3 is 2.67 bits per heavy atom. The molecule has 1 aromatic rings. The summed E-state index contributed by atoms with van der Waals surface area (Å²) in [4.78, 5) is 0. The summed E-state index contributed by atoms with van der Waals surface area (Å²) < 4.78 is 29.0. The van der Waals surface area contributed by atoms with Crippen molar-refractivity contribution < 1.29 is 18.3 Å². The van der Waals surface area contributed by atoms with E-state index < -0.39 is 10.0 Å². The zero-order valence-corrected chi connectivity index (χ0v) is 11.3. The van der Waals surface area contributed by atoms with Gasteiger partial charge in [-0.2, -0.15) is 0 Å². The van der Waals surface area contributed by atoms with E-state index in [1.807, 2.05) is 0 Å². The van der Waals surface area contributed by atoms with Crippen LogP contribution in [0, 0.1) is 0 Å². The van der Waals surface area contributed by atoms with Gasteiger partial charge in [0, 0.05) is 19.6 Å². The van der Waals surface area contributed by atoms with Crippen LogP contribution in [0.25, 0.3) is 0 Å². The molecule has 18 heavy (non-hydrogen) atoms. The van der Waals surface area contributed by atoms with Crippen molar-refractivity contribution in [3.05, 3.63) is 23.8 Å². The average Bonchev–Trinajstić information content (AvgIpc) is 2.29. The Labute approximate surface area is 107 Å². The molecule has 6 nitrogen and oxygen atoms in total. The van der Waals surface area contributed by atoms with Gasteiger partial charge in [0.05, 0.1) is 13.4 Å². The minimum Gasteiger partial charge on any atom is -0.504 e. The van der Waals surface area contributed by atoms with Crippen LogP contribution in [0.15, 0.2) is 18.2 Å². The molecule has 1 aromatic carbocycles. The van der Waals surface area contributed by atoms with Crippen LogP contribution in [0.1, 0.15) is 5.56 Å². The highest BCUT2D eigenvalue weighted by Gasteiger charge is 2.02. The van der Waals surface area contributed by atoms with Gasteiger partial charge in [-0.1, -0.05) is 6.07 Å². The van der Waals surface area contributed by atoms with Crippen molar-refractivity contribution in [2.24, 2.45) is 0 Å². The molecule has 0 aliphatic carbocycles. The molecule has 0 amide bonds. The van der Waals surface area contributed by atoms with Crippen LogP contribution in [0.4, 0.5) is 0 Å². The Kier molecular flexibility index (Phi) is 5.39. The first kappa shape index (κ1) is 14.7. The highest BCUT2D eigenvalue weighted by atomic mass is 32.2. The normalized spacial score (nSPS) is 11.4. The molecule has 0 heterocycles. The average molecular weight is 274 g/mol. The lowest BCUT2D eigenvalue weighted by atomic mass is 10.2. The summed E-state index contributed by atoms with van der Waals surface area (Å²) in [5.74, 6) is 0.517. The minimum absolute atomic E-state index is 0.0972. The fourth-order valence-electron chi connectivity index (χ4n) is 1.39. The van der Waals surface area contributed by atoms with Crippen LogP contribution in [0.5, 0.6) is 11.5 Å². The molecule has 0 saturated carbocycles. The number of nitrogens with one attached hydrogen (secondary N) is 2. The van der Waals surface area contributed by atoms with E-state index in [2.05, 4.69) is 10.0 Å². The highest BCUT2D eigenvalue weighted by molar-refractivity contribution is 7.88. The van der Waals surface area contributed by atoms with Crippen molar-refractivity contribution in [1.29, 1.82) is 0 Å². The molecule has 0 bridgehead atoms. The van der Waals surface area contributed by atoms with Crippen LogP contribution in [-0.4, -0.2) is 40.0 Å². The molecule has 7 heteroatoms. The zero-order valence-electron chi connectivity index (χ0n) is 10.4. The SMILES string of the molecule is COc1cc(CNCCNS(C)(=O)=O)ccc1O. The number of phenolic OH excluding ortho intramolecular Hbond substituents is 1. The van der Waals surface area contributed by atoms with E-state index in [0.717, 1.165) is 11.8 Å². The fraction of sp³-hybridized carbons (Fsp3) is 0.455. The summed E-state index contributed by atoms with van der Waals surface area (Å²) in [5.41, 5.74) is 0.948. The fourth-order valence-corrected chi connectivity index (χ4v) is 1.86. The van der Waals surface area contributed by atoms with Gasteiger partial charge in [-0.25, -0.2) is 13.1 Å². The van der Waals surface area contributed by atoms with Crippen LogP contribution >= 0.6 is 0 Å². The number of hydrogen-bond acceptors (Lipinski definition) is 5. The molecule has 0 radical (unpaired) electrons. The number of aromatic hydroxyl groups is 1. The molecule has 3 N–H and O–H groups in total. The summed E-state index contributed by atoms with van der Waals surface area (Å²) in [6.45, 7) is 1.44. The second kappa shape index (κ2) is 6.58. The lowest BCUT2D eigenvalue weighted by molar-refractivity contribution is 0.373.